The van der Waals surface area contributed by atoms with Crippen molar-refractivity contribution >= 4 is 57.2 Å². The van der Waals surface area contributed by atoms with E-state index in [0.717, 1.165) is 19.3 Å². The second-order valence-corrected chi connectivity index (χ2v) is 11.7. The molecule has 1 saturated heterocycles. The second-order valence-electron chi connectivity index (χ2n) is 9.06. The standard InChI is InChI=1S/C23H32N4O8S2/c28-17-10-14-6-1-2-9-36-37-12-16(26-21(32)15(25-17)7-8-18(29)30)22(33)27-20(13-4-3-5-13)23(34)24-11-19(31)35-14/h1,6,13-16,20H,2-5,7-12H2,(H,24,34)(H,25,28)(H,26,32)(H,27,33)(H,29,30)/t14-,15-,16-,20?/m1/s1. The van der Waals surface area contributed by atoms with Crippen LogP contribution in [0.5, 0.6) is 0 Å². The van der Waals surface area contributed by atoms with E-state index in [-0.39, 0.29) is 30.9 Å². The number of carbonyl (C=O) groups excluding carboxylic acids is 5. The first kappa shape index (κ1) is 28.8. The van der Waals surface area contributed by atoms with E-state index in [9.17, 15) is 28.8 Å². The van der Waals surface area contributed by atoms with Gasteiger partial charge >= 0.3 is 11.9 Å². The summed E-state index contributed by atoms with van der Waals surface area (Å²) in [5, 5.41) is 19.5. The lowest BCUT2D eigenvalue weighted by Crippen LogP contribution is -2.60. The fourth-order valence-corrected chi connectivity index (χ4v) is 6.18. The Morgan fingerprint density at radius 3 is 2.51 bits per heavy atom. The molecule has 37 heavy (non-hydrogen) atoms. The van der Waals surface area contributed by atoms with E-state index < -0.39 is 66.3 Å². The Labute approximate surface area is 222 Å². The maximum Gasteiger partial charge on any atom is 0.326 e. The molecule has 2 heterocycles. The van der Waals surface area contributed by atoms with Gasteiger partial charge in [0, 0.05) is 17.9 Å². The highest BCUT2D eigenvalue weighted by atomic mass is 33.1. The maximum atomic E-state index is 13.3. The fourth-order valence-electron chi connectivity index (χ4n) is 4.02. The minimum atomic E-state index is -1.22. The van der Waals surface area contributed by atoms with Crippen LogP contribution in [0.15, 0.2) is 12.2 Å². The van der Waals surface area contributed by atoms with Crippen LogP contribution < -0.4 is 21.3 Å². The topological polar surface area (TPSA) is 180 Å². The molecule has 12 nitrogen and oxygen atoms in total. The third kappa shape index (κ3) is 9.26. The number of esters is 1. The van der Waals surface area contributed by atoms with Crippen LogP contribution in [0.4, 0.5) is 0 Å². The summed E-state index contributed by atoms with van der Waals surface area (Å²) in [4.78, 5) is 75.7. The van der Waals surface area contributed by atoms with Crippen LogP contribution in [0.2, 0.25) is 0 Å². The second kappa shape index (κ2) is 14.3. The minimum Gasteiger partial charge on any atom is -0.481 e. The number of allylic oxidation sites excluding steroid dienone is 1. The van der Waals surface area contributed by atoms with Crippen LogP contribution >= 0.6 is 21.6 Å². The zero-order chi connectivity index (χ0) is 26.8. The smallest absolute Gasteiger partial charge is 0.326 e. The summed E-state index contributed by atoms with van der Waals surface area (Å²) < 4.78 is 5.41. The summed E-state index contributed by atoms with van der Waals surface area (Å²) in [6.07, 6.45) is 4.52. The van der Waals surface area contributed by atoms with Gasteiger partial charge in [0.05, 0.1) is 6.42 Å². The number of hydrogen-bond acceptors (Lipinski definition) is 9. The third-order valence-corrected chi connectivity index (χ3v) is 8.69. The average molecular weight is 557 g/mol. The molecule has 4 amide bonds. The molecule has 0 aromatic heterocycles. The molecule has 0 spiro atoms. The Hall–Kier alpha value is -2.74. The van der Waals surface area contributed by atoms with Gasteiger partial charge in [0.2, 0.25) is 23.6 Å². The van der Waals surface area contributed by atoms with Gasteiger partial charge in [-0.3, -0.25) is 28.8 Å². The molecule has 2 aliphatic heterocycles. The molecule has 0 aromatic carbocycles. The molecule has 2 fully saturated rings. The summed E-state index contributed by atoms with van der Waals surface area (Å²) in [6.45, 7) is -0.434. The lowest BCUT2D eigenvalue weighted by atomic mass is 9.79. The zero-order valence-electron chi connectivity index (χ0n) is 20.2. The van der Waals surface area contributed by atoms with Gasteiger partial charge in [-0.25, -0.2) is 0 Å². The van der Waals surface area contributed by atoms with Crippen molar-refractivity contribution in [2.75, 3.05) is 18.1 Å². The number of nitrogens with one attached hydrogen (secondary N) is 4. The zero-order valence-corrected chi connectivity index (χ0v) is 21.9. The largest absolute Gasteiger partial charge is 0.481 e. The number of ether oxygens (including phenoxy) is 1. The summed E-state index contributed by atoms with van der Waals surface area (Å²) in [6, 6.07) is -3.13. The first-order valence-electron chi connectivity index (χ1n) is 12.2. The van der Waals surface area contributed by atoms with Gasteiger partial charge in [-0.1, -0.05) is 34.1 Å². The van der Waals surface area contributed by atoms with E-state index in [1.807, 2.05) is 0 Å². The molecule has 0 aromatic rings. The third-order valence-electron chi connectivity index (χ3n) is 6.25. The molecular weight excluding hydrogens is 524 g/mol. The van der Waals surface area contributed by atoms with Crippen molar-refractivity contribution in [1.82, 2.24) is 21.3 Å². The van der Waals surface area contributed by atoms with E-state index in [0.29, 0.717) is 12.2 Å². The fraction of sp³-hybridized carbons (Fsp3) is 0.652. The number of hydrogen-bond donors (Lipinski definition) is 5. The Balaban J connectivity index is 1.93. The Morgan fingerprint density at radius 2 is 1.81 bits per heavy atom. The Morgan fingerprint density at radius 1 is 1.03 bits per heavy atom. The number of rotatable bonds is 4. The van der Waals surface area contributed by atoms with E-state index in [1.165, 1.54) is 21.6 Å². The van der Waals surface area contributed by atoms with Gasteiger partial charge in [0.25, 0.3) is 0 Å². The van der Waals surface area contributed by atoms with Gasteiger partial charge in [-0.05, 0) is 37.7 Å². The van der Waals surface area contributed by atoms with Crippen molar-refractivity contribution in [2.24, 2.45) is 5.92 Å². The number of carbonyl (C=O) groups is 6. The van der Waals surface area contributed by atoms with Gasteiger partial charge in [-0.2, -0.15) is 0 Å². The molecule has 0 radical (unpaired) electrons. The van der Waals surface area contributed by atoms with Crippen LogP contribution in [0.1, 0.15) is 44.9 Å². The van der Waals surface area contributed by atoms with E-state index in [4.69, 9.17) is 9.84 Å². The molecule has 3 aliphatic rings. The number of amides is 4. The lowest BCUT2D eigenvalue weighted by Gasteiger charge is -2.34. The molecule has 204 valence electrons. The molecule has 5 N–H and O–H groups in total. The highest BCUT2D eigenvalue weighted by molar-refractivity contribution is 8.76. The first-order chi connectivity index (χ1) is 17.7. The summed E-state index contributed by atoms with van der Waals surface area (Å²) in [7, 11) is 2.86. The quantitative estimate of drug-likeness (QED) is 0.178. The molecular formula is C23H32N4O8S2. The van der Waals surface area contributed by atoms with Crippen LogP contribution in [0.3, 0.4) is 0 Å². The number of carboxylic acids is 1. The molecule has 3 rings (SSSR count). The monoisotopic (exact) mass is 556 g/mol. The van der Waals surface area contributed by atoms with Crippen LogP contribution in [-0.4, -0.2) is 83.0 Å². The van der Waals surface area contributed by atoms with Crippen molar-refractivity contribution in [3.8, 4) is 0 Å². The van der Waals surface area contributed by atoms with E-state index >= 15 is 0 Å². The normalized spacial score (nSPS) is 29.0. The predicted octanol–water partition coefficient (Wildman–Crippen LogP) is -0.121. The van der Waals surface area contributed by atoms with Crippen molar-refractivity contribution < 1.29 is 38.6 Å². The van der Waals surface area contributed by atoms with Crippen LogP contribution in [0, 0.1) is 5.92 Å². The van der Waals surface area contributed by atoms with Crippen molar-refractivity contribution in [3.63, 3.8) is 0 Å². The predicted molar refractivity (Wildman–Crippen MR) is 136 cm³/mol. The highest BCUT2D eigenvalue weighted by Crippen LogP contribution is 2.30. The molecule has 1 saturated carbocycles. The minimum absolute atomic E-state index is 0.0994. The number of carboxylic acid groups (broad SMARTS) is 1. The van der Waals surface area contributed by atoms with E-state index in [2.05, 4.69) is 21.3 Å². The van der Waals surface area contributed by atoms with Gasteiger partial charge in [0.15, 0.2) is 0 Å². The van der Waals surface area contributed by atoms with Gasteiger partial charge in [-0.15, -0.1) is 0 Å². The summed E-state index contributed by atoms with van der Waals surface area (Å²) >= 11 is 0. The SMILES string of the molecule is O=C(O)CC[C@H]1NC(=O)C[C@H]2C=CCCSSC[C@@H](NC1=O)C(=O)NC(C1CCC1)C(=O)NCC(=O)O2. The first-order valence-corrected chi connectivity index (χ1v) is 14.7. The molecule has 14 heteroatoms. The molecule has 4 atom stereocenters. The van der Waals surface area contributed by atoms with Crippen molar-refractivity contribution in [2.45, 2.75) is 69.2 Å². The van der Waals surface area contributed by atoms with Gasteiger partial charge in [0.1, 0.15) is 30.8 Å². The summed E-state index contributed by atoms with van der Waals surface area (Å²) in [5.41, 5.74) is 0. The van der Waals surface area contributed by atoms with E-state index in [1.54, 1.807) is 12.2 Å². The molecule has 2 bridgehead atoms. The maximum absolute atomic E-state index is 13.3. The van der Waals surface area contributed by atoms with Crippen LogP contribution in [0.25, 0.3) is 0 Å². The highest BCUT2D eigenvalue weighted by Gasteiger charge is 2.37. The molecule has 1 unspecified atom stereocenters. The van der Waals surface area contributed by atoms with Crippen LogP contribution in [-0.2, 0) is 33.5 Å². The average Bonchev–Trinajstić information content (AvgIpc) is 2.80. The Bertz CT molecular complexity index is 926. The lowest BCUT2D eigenvalue weighted by molar-refractivity contribution is -0.149. The summed E-state index contributed by atoms with van der Waals surface area (Å²) in [5.74, 6) is -3.59. The van der Waals surface area contributed by atoms with Crippen molar-refractivity contribution in [1.29, 1.82) is 0 Å². The number of aliphatic carboxylic acids is 1. The number of fused-ring (bicyclic) bond motifs is 7. The van der Waals surface area contributed by atoms with Gasteiger partial charge < -0.3 is 31.1 Å². The Kier molecular flexibility index (Phi) is 11.1. The molecule has 1 aliphatic carbocycles. The van der Waals surface area contributed by atoms with Crippen molar-refractivity contribution in [3.05, 3.63) is 12.2 Å².